The molecule has 0 bridgehead atoms. The number of carbonyl (C=O) groups excluding carboxylic acids is 1. The van der Waals surface area contributed by atoms with E-state index in [1.807, 2.05) is 0 Å². The van der Waals surface area contributed by atoms with E-state index in [2.05, 4.69) is 15.3 Å². The van der Waals surface area contributed by atoms with Crippen LogP contribution in [0.15, 0.2) is 34.1 Å². The maximum atomic E-state index is 13.4. The summed E-state index contributed by atoms with van der Waals surface area (Å²) in [5.41, 5.74) is 0.997. The van der Waals surface area contributed by atoms with E-state index in [4.69, 9.17) is 11.6 Å². The Balaban J connectivity index is 2.30. The maximum Gasteiger partial charge on any atom is 0.357 e. The zero-order chi connectivity index (χ0) is 22.0. The van der Waals surface area contributed by atoms with Gasteiger partial charge in [0.1, 0.15) is 4.90 Å². The van der Waals surface area contributed by atoms with Crippen LogP contribution < -0.4 is 10.0 Å². The van der Waals surface area contributed by atoms with Gasteiger partial charge in [0.2, 0.25) is 5.95 Å². The molecule has 0 saturated carbocycles. The fraction of sp³-hybridized carbons (Fsp3) is 0.267. The van der Waals surface area contributed by atoms with Gasteiger partial charge >= 0.3 is 17.7 Å². The van der Waals surface area contributed by atoms with Crippen LogP contribution in [-0.2, 0) is 10.0 Å². The zero-order valence-electron chi connectivity index (χ0n) is 14.7. The highest BCUT2D eigenvalue weighted by molar-refractivity contribution is 8.01. The summed E-state index contributed by atoms with van der Waals surface area (Å²) in [6.45, 7) is 3.24. The Kier molecular flexibility index (Phi) is 6.96. The number of hydrogen-bond donors (Lipinski definition) is 2. The molecule has 0 aliphatic rings. The molecule has 0 aliphatic carbocycles. The van der Waals surface area contributed by atoms with Crippen molar-refractivity contribution in [3.63, 3.8) is 0 Å². The Morgan fingerprint density at radius 2 is 1.76 bits per heavy atom. The SMILES string of the molecule is Cc1cc(C)nc(NC(=O)NS(=O)(=O)c2cc(Cl)ccc2SC(F)(F)C(F)F)n1. The molecule has 2 rings (SSSR count). The van der Waals surface area contributed by atoms with Gasteiger partial charge in [-0.2, -0.15) is 8.78 Å². The fourth-order valence-corrected chi connectivity index (χ4v) is 4.44. The largest absolute Gasteiger partial charge is 0.357 e. The predicted octanol–water partition coefficient (Wildman–Crippen LogP) is 4.21. The molecule has 1 aromatic heterocycles. The lowest BCUT2D eigenvalue weighted by atomic mass is 10.4. The molecule has 29 heavy (non-hydrogen) atoms. The molecule has 1 aromatic carbocycles. The first-order chi connectivity index (χ1) is 13.3. The highest BCUT2D eigenvalue weighted by Gasteiger charge is 2.43. The van der Waals surface area contributed by atoms with E-state index >= 15 is 0 Å². The molecule has 14 heteroatoms. The number of urea groups is 1. The van der Waals surface area contributed by atoms with Crippen molar-refractivity contribution in [3.8, 4) is 0 Å². The highest BCUT2D eigenvalue weighted by atomic mass is 35.5. The predicted molar refractivity (Wildman–Crippen MR) is 99.1 cm³/mol. The molecule has 0 unspecified atom stereocenters. The molecule has 1 heterocycles. The Morgan fingerprint density at radius 3 is 2.31 bits per heavy atom. The average molecular weight is 473 g/mol. The van der Waals surface area contributed by atoms with Crippen molar-refractivity contribution < 1.29 is 30.8 Å². The number of aryl methyl sites for hydroxylation is 2. The van der Waals surface area contributed by atoms with Gasteiger partial charge in [0, 0.05) is 21.3 Å². The van der Waals surface area contributed by atoms with Crippen LogP contribution in [-0.4, -0.2) is 36.1 Å². The quantitative estimate of drug-likeness (QED) is 0.482. The highest BCUT2D eigenvalue weighted by Crippen LogP contribution is 2.43. The van der Waals surface area contributed by atoms with E-state index in [-0.39, 0.29) is 11.0 Å². The normalized spacial score (nSPS) is 12.1. The number of nitrogens with zero attached hydrogens (tertiary/aromatic N) is 2. The van der Waals surface area contributed by atoms with Gasteiger partial charge in [-0.15, -0.1) is 0 Å². The zero-order valence-corrected chi connectivity index (χ0v) is 17.1. The number of alkyl halides is 4. The van der Waals surface area contributed by atoms with E-state index in [1.54, 1.807) is 24.6 Å². The first kappa shape index (κ1) is 23.2. The van der Waals surface area contributed by atoms with Crippen molar-refractivity contribution in [2.24, 2.45) is 0 Å². The lowest BCUT2D eigenvalue weighted by molar-refractivity contribution is -0.0564. The number of carbonyl (C=O) groups is 1. The van der Waals surface area contributed by atoms with E-state index in [9.17, 15) is 30.8 Å². The topological polar surface area (TPSA) is 101 Å². The van der Waals surface area contributed by atoms with Gasteiger partial charge in [0.25, 0.3) is 10.0 Å². The minimum Gasteiger partial charge on any atom is -0.275 e. The smallest absolute Gasteiger partial charge is 0.275 e. The van der Waals surface area contributed by atoms with Gasteiger partial charge in [-0.25, -0.2) is 36.7 Å². The second-order valence-corrected chi connectivity index (χ2v) is 8.87. The molecule has 0 fully saturated rings. The monoisotopic (exact) mass is 472 g/mol. The van der Waals surface area contributed by atoms with E-state index in [0.717, 1.165) is 18.2 Å². The number of rotatable bonds is 6. The number of hydrogen-bond acceptors (Lipinski definition) is 6. The van der Waals surface area contributed by atoms with Crippen molar-refractivity contribution in [3.05, 3.63) is 40.7 Å². The van der Waals surface area contributed by atoms with Crippen LogP contribution in [0, 0.1) is 13.8 Å². The molecule has 0 saturated heterocycles. The van der Waals surface area contributed by atoms with Crippen LogP contribution >= 0.6 is 23.4 Å². The number of anilines is 1. The Bertz CT molecular complexity index is 1020. The van der Waals surface area contributed by atoms with Crippen LogP contribution in [0.25, 0.3) is 0 Å². The minimum absolute atomic E-state index is 0.173. The van der Waals surface area contributed by atoms with Crippen LogP contribution in [0.4, 0.5) is 28.3 Å². The van der Waals surface area contributed by atoms with Crippen LogP contribution in [0.1, 0.15) is 11.4 Å². The van der Waals surface area contributed by atoms with Crippen molar-refractivity contribution in [2.45, 2.75) is 35.3 Å². The molecular formula is C15H13ClF4N4O3S2. The van der Waals surface area contributed by atoms with Gasteiger partial charge in [-0.3, -0.25) is 5.32 Å². The Morgan fingerprint density at radius 1 is 1.17 bits per heavy atom. The van der Waals surface area contributed by atoms with E-state index < -0.39 is 49.3 Å². The summed E-state index contributed by atoms with van der Waals surface area (Å²) in [5.74, 6) is -0.194. The van der Waals surface area contributed by atoms with Gasteiger partial charge < -0.3 is 0 Å². The van der Waals surface area contributed by atoms with Gasteiger partial charge in [0.15, 0.2) is 0 Å². The molecule has 2 aromatic rings. The van der Waals surface area contributed by atoms with Gasteiger partial charge in [-0.1, -0.05) is 11.6 Å². The summed E-state index contributed by atoms with van der Waals surface area (Å²) in [6.07, 6.45) is -4.04. The third-order valence-corrected chi connectivity index (χ3v) is 5.89. The first-order valence-corrected chi connectivity index (χ1v) is 10.3. The molecule has 0 aliphatic heterocycles. The molecule has 0 atom stereocenters. The molecular weight excluding hydrogens is 460 g/mol. The third kappa shape index (κ3) is 6.18. The van der Waals surface area contributed by atoms with E-state index in [1.165, 1.54) is 0 Å². The van der Waals surface area contributed by atoms with Crippen LogP contribution in [0.2, 0.25) is 5.02 Å². The molecule has 0 radical (unpaired) electrons. The lowest BCUT2D eigenvalue weighted by Crippen LogP contribution is -2.35. The summed E-state index contributed by atoms with van der Waals surface area (Å²) >= 11 is 5.03. The summed E-state index contributed by atoms with van der Waals surface area (Å²) in [6, 6.07) is 2.97. The molecule has 2 N–H and O–H groups in total. The maximum absolute atomic E-state index is 13.4. The number of thioether (sulfide) groups is 1. The van der Waals surface area contributed by atoms with Crippen molar-refractivity contribution in [1.82, 2.24) is 14.7 Å². The second-order valence-electron chi connectivity index (χ2n) is 5.59. The van der Waals surface area contributed by atoms with Crippen LogP contribution in [0.3, 0.4) is 0 Å². The first-order valence-electron chi connectivity index (χ1n) is 7.61. The summed E-state index contributed by atoms with van der Waals surface area (Å²) in [7, 11) is -4.75. The van der Waals surface area contributed by atoms with E-state index in [0.29, 0.717) is 11.4 Å². The standard InChI is InChI=1S/C15H13ClF4N4O3S2/c1-7-5-8(2)22-13(21-7)23-14(25)24-29(26,27)11-6-9(16)3-4-10(11)28-15(19,20)12(17)18/h3-6,12H,1-2H3,(H2,21,22,23,24,25). The second kappa shape index (κ2) is 8.71. The van der Waals surface area contributed by atoms with Crippen LogP contribution in [0.5, 0.6) is 0 Å². The number of halogens is 5. The number of benzene rings is 1. The Hall–Kier alpha value is -2.12. The number of aromatic nitrogens is 2. The number of amides is 2. The van der Waals surface area contributed by atoms with Crippen molar-refractivity contribution in [2.75, 3.05) is 5.32 Å². The molecule has 2 amide bonds. The minimum atomic E-state index is -4.75. The van der Waals surface area contributed by atoms with Crippen molar-refractivity contribution >= 4 is 45.4 Å². The number of nitrogens with one attached hydrogen (secondary N) is 2. The van der Waals surface area contributed by atoms with Crippen molar-refractivity contribution in [1.29, 1.82) is 0 Å². The average Bonchev–Trinajstić information content (AvgIpc) is 2.54. The van der Waals surface area contributed by atoms with Gasteiger partial charge in [0.05, 0.1) is 0 Å². The Labute approximate surface area is 172 Å². The summed E-state index contributed by atoms with van der Waals surface area (Å²) in [5, 5.41) is -2.64. The van der Waals surface area contributed by atoms with Gasteiger partial charge in [-0.05, 0) is 49.9 Å². The third-order valence-electron chi connectivity index (χ3n) is 3.13. The summed E-state index contributed by atoms with van der Waals surface area (Å²) in [4.78, 5) is 18.2. The molecule has 0 spiro atoms. The molecule has 7 nitrogen and oxygen atoms in total. The summed E-state index contributed by atoms with van der Waals surface area (Å²) < 4.78 is 78.3. The molecule has 158 valence electrons. The fourth-order valence-electron chi connectivity index (χ4n) is 2.05. The number of sulfonamides is 1. The lowest BCUT2D eigenvalue weighted by Gasteiger charge is -2.17.